The van der Waals surface area contributed by atoms with Gasteiger partial charge in [0, 0.05) is 11.3 Å². The van der Waals surface area contributed by atoms with Crippen molar-refractivity contribution in [2.75, 3.05) is 11.2 Å². The summed E-state index contributed by atoms with van der Waals surface area (Å²) in [5.41, 5.74) is 2.22. The van der Waals surface area contributed by atoms with Crippen molar-refractivity contribution >= 4 is 46.3 Å². The molecule has 0 radical (unpaired) electrons. The summed E-state index contributed by atoms with van der Waals surface area (Å²) in [4.78, 5) is 22.3. The van der Waals surface area contributed by atoms with Crippen LogP contribution in [0.2, 0.25) is 0 Å². The summed E-state index contributed by atoms with van der Waals surface area (Å²) in [6.45, 7) is 0. The molecule has 0 aliphatic carbocycles. The number of amides is 1. The molecular formula is C10H8AlCl4NO2. The first-order valence-electron chi connectivity index (χ1n) is 4.22. The summed E-state index contributed by atoms with van der Waals surface area (Å²) in [5, 5.41) is 2.70. The summed E-state index contributed by atoms with van der Waals surface area (Å²) in [6.07, 6.45) is 0.346. The van der Waals surface area contributed by atoms with E-state index < -0.39 is 0 Å². The molecule has 2 rings (SSSR count). The van der Waals surface area contributed by atoms with Gasteiger partial charge in [-0.15, -0.1) is 11.6 Å². The Morgan fingerprint density at radius 2 is 1.89 bits per heavy atom. The molecule has 8 heteroatoms. The van der Waals surface area contributed by atoms with Gasteiger partial charge in [0.2, 0.25) is 5.91 Å². The maximum Gasteiger partial charge on any atom is 3.00 e. The van der Waals surface area contributed by atoms with Gasteiger partial charge in [0.05, 0.1) is 12.3 Å². The zero-order valence-corrected chi connectivity index (χ0v) is 13.2. The second-order valence-electron chi connectivity index (χ2n) is 3.15. The number of carbonyl (C=O) groups is 2. The molecule has 1 heterocycles. The normalized spacial score (nSPS) is 10.6. The third kappa shape index (κ3) is 4.97. The first-order valence-corrected chi connectivity index (χ1v) is 4.76. The molecule has 1 amide bonds. The molecule has 0 unspecified atom stereocenters. The molecular weight excluding hydrogens is 335 g/mol. The first-order chi connectivity index (χ1) is 6.70. The molecule has 96 valence electrons. The molecule has 3 nitrogen and oxygen atoms in total. The Morgan fingerprint density at radius 1 is 1.28 bits per heavy atom. The minimum atomic E-state index is -0.117. The van der Waals surface area contributed by atoms with Gasteiger partial charge in [0.15, 0.2) is 5.78 Å². The molecule has 0 saturated carbocycles. The van der Waals surface area contributed by atoms with Crippen LogP contribution in [0.3, 0.4) is 0 Å². The van der Waals surface area contributed by atoms with E-state index in [-0.39, 0.29) is 72.2 Å². The number of hydrogen-bond acceptors (Lipinski definition) is 2. The van der Waals surface area contributed by atoms with Crippen molar-refractivity contribution in [2.24, 2.45) is 0 Å². The molecule has 0 saturated heterocycles. The average molecular weight is 343 g/mol. The van der Waals surface area contributed by atoms with Gasteiger partial charge in [-0.2, -0.15) is 0 Å². The average Bonchev–Trinajstić information content (AvgIpc) is 2.55. The second-order valence-corrected chi connectivity index (χ2v) is 3.42. The van der Waals surface area contributed by atoms with Crippen LogP contribution < -0.4 is 42.5 Å². The van der Waals surface area contributed by atoms with Crippen molar-refractivity contribution in [3.63, 3.8) is 0 Å². The molecule has 1 N–H and O–H groups in total. The van der Waals surface area contributed by atoms with Gasteiger partial charge >= 0.3 is 17.4 Å². The van der Waals surface area contributed by atoms with E-state index in [1.54, 1.807) is 18.2 Å². The standard InChI is InChI=1S/C10H8ClNO2.Al.3ClH/c11-5-9(13)6-1-2-8-7(3-6)4-10(14)12-8;;;;/h1-3H,4-5H2,(H,12,14);;3*1H/q;+3;;;/p-3. The van der Waals surface area contributed by atoms with Crippen molar-refractivity contribution in [3.05, 3.63) is 29.3 Å². The Labute approximate surface area is 139 Å². The van der Waals surface area contributed by atoms with Crippen LogP contribution in [0.4, 0.5) is 5.69 Å². The van der Waals surface area contributed by atoms with Crippen LogP contribution in [0.25, 0.3) is 0 Å². The van der Waals surface area contributed by atoms with E-state index in [1.807, 2.05) is 0 Å². The number of Topliss-reactive ketones (excluding diaryl/α,β-unsaturated/α-hetero) is 1. The molecule has 0 atom stereocenters. The Bertz CT molecular complexity index is 428. The van der Waals surface area contributed by atoms with E-state index in [0.29, 0.717) is 12.0 Å². The van der Waals surface area contributed by atoms with E-state index in [2.05, 4.69) is 5.32 Å². The van der Waals surface area contributed by atoms with Crippen LogP contribution in [-0.2, 0) is 11.2 Å². The van der Waals surface area contributed by atoms with Gasteiger partial charge < -0.3 is 42.5 Å². The molecule has 1 aliphatic rings. The summed E-state index contributed by atoms with van der Waals surface area (Å²) < 4.78 is 0. The molecule has 1 aromatic rings. The number of carbonyl (C=O) groups excluding carboxylic acids is 2. The minimum Gasteiger partial charge on any atom is -1.00 e. The Morgan fingerprint density at radius 3 is 2.44 bits per heavy atom. The van der Waals surface area contributed by atoms with Crippen molar-refractivity contribution in [1.82, 2.24) is 0 Å². The van der Waals surface area contributed by atoms with E-state index >= 15 is 0 Å². The van der Waals surface area contributed by atoms with Crippen molar-refractivity contribution in [3.8, 4) is 0 Å². The minimum absolute atomic E-state index is 0. The number of ketones is 1. The number of fused-ring (bicyclic) bond motifs is 1. The predicted molar refractivity (Wildman–Crippen MR) is 59.6 cm³/mol. The monoisotopic (exact) mass is 341 g/mol. The summed E-state index contributed by atoms with van der Waals surface area (Å²) in [7, 11) is 0. The number of benzene rings is 1. The third-order valence-corrected chi connectivity index (χ3v) is 2.42. The van der Waals surface area contributed by atoms with Gasteiger partial charge in [-0.25, -0.2) is 0 Å². The number of anilines is 1. The van der Waals surface area contributed by atoms with Gasteiger partial charge in [-0.1, -0.05) is 0 Å². The molecule has 0 spiro atoms. The van der Waals surface area contributed by atoms with Crippen molar-refractivity contribution in [2.45, 2.75) is 6.42 Å². The van der Waals surface area contributed by atoms with Gasteiger partial charge in [-0.05, 0) is 23.8 Å². The SMILES string of the molecule is O=C1Cc2cc(C(=O)CCl)ccc2N1.[Al+3].[Cl-].[Cl-].[Cl-]. The maximum absolute atomic E-state index is 11.3. The molecule has 0 bridgehead atoms. The van der Waals surface area contributed by atoms with E-state index in [4.69, 9.17) is 11.6 Å². The van der Waals surface area contributed by atoms with E-state index in [1.165, 1.54) is 0 Å². The maximum atomic E-state index is 11.3. The third-order valence-electron chi connectivity index (χ3n) is 2.17. The van der Waals surface area contributed by atoms with Gasteiger partial charge in [0.1, 0.15) is 0 Å². The topological polar surface area (TPSA) is 46.2 Å². The summed E-state index contributed by atoms with van der Waals surface area (Å²) >= 11 is 5.43. The number of hydrogen-bond donors (Lipinski definition) is 1. The fourth-order valence-electron chi connectivity index (χ4n) is 1.48. The molecule has 0 aromatic heterocycles. The van der Waals surface area contributed by atoms with Crippen LogP contribution in [0.5, 0.6) is 0 Å². The van der Waals surface area contributed by atoms with Crippen LogP contribution in [0.1, 0.15) is 15.9 Å². The first kappa shape index (κ1) is 23.2. The van der Waals surface area contributed by atoms with Crippen LogP contribution >= 0.6 is 11.6 Å². The zero-order valence-electron chi connectivity index (χ0n) is 9.05. The largest absolute Gasteiger partial charge is 3.00 e. The van der Waals surface area contributed by atoms with Gasteiger partial charge in [0.25, 0.3) is 0 Å². The fraction of sp³-hybridized carbons (Fsp3) is 0.200. The van der Waals surface area contributed by atoms with Crippen molar-refractivity contribution < 1.29 is 46.8 Å². The number of rotatable bonds is 2. The molecule has 0 fully saturated rings. The number of halogens is 4. The van der Waals surface area contributed by atoms with Crippen LogP contribution in [0.15, 0.2) is 18.2 Å². The van der Waals surface area contributed by atoms with Crippen molar-refractivity contribution in [1.29, 1.82) is 0 Å². The molecule has 1 aromatic carbocycles. The summed E-state index contributed by atoms with van der Waals surface area (Å²) in [5.74, 6) is -0.176. The smallest absolute Gasteiger partial charge is 1.00 e. The molecule has 18 heavy (non-hydrogen) atoms. The molecule has 1 aliphatic heterocycles. The van der Waals surface area contributed by atoms with Crippen LogP contribution in [0, 0.1) is 0 Å². The van der Waals surface area contributed by atoms with E-state index in [0.717, 1.165) is 11.3 Å². The van der Waals surface area contributed by atoms with Gasteiger partial charge in [-0.3, -0.25) is 9.59 Å². The summed E-state index contributed by atoms with van der Waals surface area (Å²) in [6, 6.07) is 5.13. The zero-order chi connectivity index (χ0) is 10.1. The quantitative estimate of drug-likeness (QED) is 0.330. The predicted octanol–water partition coefficient (Wildman–Crippen LogP) is -7.77. The second kappa shape index (κ2) is 9.91. The van der Waals surface area contributed by atoms with E-state index in [9.17, 15) is 9.59 Å². The van der Waals surface area contributed by atoms with Crippen LogP contribution in [-0.4, -0.2) is 34.9 Å². The Hall–Kier alpha value is 0.0525. The Kier molecular flexibility index (Phi) is 12.8. The number of nitrogens with one attached hydrogen (secondary N) is 1. The fourth-order valence-corrected chi connectivity index (χ4v) is 1.63. The Balaban J connectivity index is -0.000000562. The number of alkyl halides is 1.